The van der Waals surface area contributed by atoms with E-state index < -0.39 is 6.04 Å². The Labute approximate surface area is 205 Å². The van der Waals surface area contributed by atoms with Crippen LogP contribution in [0.1, 0.15) is 40.2 Å². The highest BCUT2D eigenvalue weighted by atomic mass is 127. The molecule has 0 aliphatic carbocycles. The highest BCUT2D eigenvalue weighted by Crippen LogP contribution is 2.44. The summed E-state index contributed by atoms with van der Waals surface area (Å²) in [7, 11) is 0. The maximum Gasteiger partial charge on any atom is 0.261 e. The van der Waals surface area contributed by atoms with E-state index >= 15 is 0 Å². The standard InChI is InChI=1S/C26H22IN3O3/c27-30-23(31)12-11-22(26(30)33)29-21-8-4-7-19-18(9-10-20(24(19)21)25(29)32)17-14-28(15-17)13-16-5-2-1-3-6-16/h1-10,17,22H,11-15H2. The van der Waals surface area contributed by atoms with Gasteiger partial charge in [0.1, 0.15) is 6.04 Å². The number of hydrogen-bond donors (Lipinski definition) is 0. The second-order valence-electron chi connectivity index (χ2n) is 9.02. The molecule has 3 aliphatic heterocycles. The van der Waals surface area contributed by atoms with Crippen molar-refractivity contribution in [3.05, 3.63) is 77.4 Å². The van der Waals surface area contributed by atoms with Gasteiger partial charge >= 0.3 is 0 Å². The lowest BCUT2D eigenvalue weighted by Gasteiger charge is -2.40. The first kappa shape index (κ1) is 20.8. The topological polar surface area (TPSA) is 60.9 Å². The number of nitrogens with zero attached hydrogens (tertiary/aromatic N) is 3. The molecule has 7 heteroatoms. The van der Waals surface area contributed by atoms with Gasteiger partial charge in [0.2, 0.25) is 5.91 Å². The van der Waals surface area contributed by atoms with Crippen molar-refractivity contribution in [1.82, 2.24) is 8.01 Å². The van der Waals surface area contributed by atoms with E-state index in [0.717, 1.165) is 39.2 Å². The quantitative estimate of drug-likeness (QED) is 0.276. The van der Waals surface area contributed by atoms with Crippen molar-refractivity contribution in [3.63, 3.8) is 0 Å². The van der Waals surface area contributed by atoms with Crippen molar-refractivity contribution in [1.29, 1.82) is 0 Å². The zero-order valence-corrected chi connectivity index (χ0v) is 20.1. The van der Waals surface area contributed by atoms with E-state index in [1.165, 1.54) is 11.1 Å². The average Bonchev–Trinajstić information content (AvgIpc) is 3.09. The van der Waals surface area contributed by atoms with Crippen LogP contribution < -0.4 is 4.90 Å². The molecule has 166 valence electrons. The lowest BCUT2D eigenvalue weighted by molar-refractivity contribution is -0.140. The summed E-state index contributed by atoms with van der Waals surface area (Å²) in [5.41, 5.74) is 4.01. The molecule has 3 heterocycles. The number of hydrogen-bond acceptors (Lipinski definition) is 4. The SMILES string of the molecule is O=C1CCC(N2C(=O)c3ccc(C4CN(Cc5ccccc5)C4)c4cccc2c34)C(=O)N1I. The van der Waals surface area contributed by atoms with Gasteiger partial charge < -0.3 is 0 Å². The Morgan fingerprint density at radius 3 is 2.48 bits per heavy atom. The summed E-state index contributed by atoms with van der Waals surface area (Å²) in [4.78, 5) is 42.2. The molecule has 3 aromatic rings. The number of anilines is 1. The summed E-state index contributed by atoms with van der Waals surface area (Å²) in [6.45, 7) is 2.91. The molecular formula is C26H22IN3O3. The van der Waals surface area contributed by atoms with E-state index in [1.54, 1.807) is 27.8 Å². The van der Waals surface area contributed by atoms with Crippen LogP contribution in [0.2, 0.25) is 0 Å². The number of carbonyl (C=O) groups is 3. The third-order valence-corrected chi connectivity index (χ3v) is 8.06. The van der Waals surface area contributed by atoms with Crippen molar-refractivity contribution in [3.8, 4) is 0 Å². The fourth-order valence-electron chi connectivity index (χ4n) is 5.41. The molecule has 2 fully saturated rings. The van der Waals surface area contributed by atoms with E-state index in [1.807, 2.05) is 24.3 Å². The molecule has 33 heavy (non-hydrogen) atoms. The number of likely N-dealkylation sites (tertiary alicyclic amines) is 1. The number of amides is 3. The summed E-state index contributed by atoms with van der Waals surface area (Å²) >= 11 is 1.75. The normalized spacial score (nSPS) is 21.2. The highest BCUT2D eigenvalue weighted by Gasteiger charge is 2.44. The maximum atomic E-state index is 13.4. The molecule has 0 aromatic heterocycles. The Hall–Kier alpha value is -2.78. The number of rotatable bonds is 4. The van der Waals surface area contributed by atoms with E-state index in [-0.39, 0.29) is 24.1 Å². The van der Waals surface area contributed by atoms with Crippen LogP contribution in [0.3, 0.4) is 0 Å². The molecule has 3 aromatic carbocycles. The van der Waals surface area contributed by atoms with Gasteiger partial charge in [-0.2, -0.15) is 0 Å². The van der Waals surface area contributed by atoms with Crippen LogP contribution in [0.15, 0.2) is 60.7 Å². The van der Waals surface area contributed by atoms with Crippen molar-refractivity contribution in [2.45, 2.75) is 31.3 Å². The molecule has 1 unspecified atom stereocenters. The van der Waals surface area contributed by atoms with Crippen molar-refractivity contribution >= 4 is 57.0 Å². The molecule has 6 nitrogen and oxygen atoms in total. The predicted octanol–water partition coefficient (Wildman–Crippen LogP) is 4.27. The fourth-order valence-corrected chi connectivity index (χ4v) is 5.97. The zero-order chi connectivity index (χ0) is 22.7. The first-order chi connectivity index (χ1) is 16.0. The van der Waals surface area contributed by atoms with Crippen LogP contribution in [0, 0.1) is 0 Å². The first-order valence-corrected chi connectivity index (χ1v) is 12.2. The van der Waals surface area contributed by atoms with Crippen LogP contribution in [0.5, 0.6) is 0 Å². The van der Waals surface area contributed by atoms with Gasteiger partial charge in [-0.3, -0.25) is 24.2 Å². The Morgan fingerprint density at radius 2 is 1.70 bits per heavy atom. The van der Waals surface area contributed by atoms with Gasteiger partial charge in [-0.25, -0.2) is 3.11 Å². The fraction of sp³-hybridized carbons (Fsp3) is 0.269. The minimum atomic E-state index is -0.640. The largest absolute Gasteiger partial charge is 0.298 e. The van der Waals surface area contributed by atoms with Crippen LogP contribution in [-0.4, -0.2) is 44.9 Å². The van der Waals surface area contributed by atoms with Gasteiger partial charge in [0, 0.05) is 42.9 Å². The Balaban J connectivity index is 1.30. The van der Waals surface area contributed by atoms with Gasteiger partial charge in [0.05, 0.1) is 28.6 Å². The van der Waals surface area contributed by atoms with Gasteiger partial charge in [-0.05, 0) is 35.1 Å². The van der Waals surface area contributed by atoms with E-state index in [2.05, 4.69) is 41.3 Å². The molecule has 2 saturated heterocycles. The van der Waals surface area contributed by atoms with Gasteiger partial charge in [0.25, 0.3) is 11.8 Å². The summed E-state index contributed by atoms with van der Waals surface area (Å²) < 4.78 is 1.13. The predicted molar refractivity (Wildman–Crippen MR) is 134 cm³/mol. The van der Waals surface area contributed by atoms with Crippen LogP contribution in [-0.2, 0) is 16.1 Å². The summed E-state index contributed by atoms with van der Waals surface area (Å²) in [5, 5.41) is 2.03. The first-order valence-electron chi connectivity index (χ1n) is 11.2. The molecule has 3 aliphatic rings. The summed E-state index contributed by atoms with van der Waals surface area (Å²) in [6, 6.07) is 19.8. The Morgan fingerprint density at radius 1 is 0.909 bits per heavy atom. The molecule has 0 bridgehead atoms. The van der Waals surface area contributed by atoms with Gasteiger partial charge in [0.15, 0.2) is 0 Å². The molecule has 6 rings (SSSR count). The van der Waals surface area contributed by atoms with Crippen molar-refractivity contribution in [2.75, 3.05) is 18.0 Å². The van der Waals surface area contributed by atoms with Crippen LogP contribution in [0.25, 0.3) is 10.8 Å². The number of imide groups is 1. The van der Waals surface area contributed by atoms with Crippen LogP contribution >= 0.6 is 22.9 Å². The third-order valence-electron chi connectivity index (χ3n) is 7.05. The minimum absolute atomic E-state index is 0.149. The van der Waals surface area contributed by atoms with Crippen molar-refractivity contribution in [2.24, 2.45) is 0 Å². The maximum absolute atomic E-state index is 13.4. The lowest BCUT2D eigenvalue weighted by atomic mass is 9.86. The summed E-state index contributed by atoms with van der Waals surface area (Å²) in [6.07, 6.45) is 0.622. The smallest absolute Gasteiger partial charge is 0.261 e. The van der Waals surface area contributed by atoms with Crippen LogP contribution in [0.4, 0.5) is 5.69 Å². The van der Waals surface area contributed by atoms with E-state index in [0.29, 0.717) is 17.9 Å². The highest BCUT2D eigenvalue weighted by molar-refractivity contribution is 14.1. The molecular weight excluding hydrogens is 529 g/mol. The third kappa shape index (κ3) is 3.28. The second kappa shape index (κ2) is 7.92. The molecule has 0 saturated carbocycles. The summed E-state index contributed by atoms with van der Waals surface area (Å²) in [5.74, 6) is -0.252. The minimum Gasteiger partial charge on any atom is -0.298 e. The lowest BCUT2D eigenvalue weighted by Crippen LogP contribution is -2.52. The monoisotopic (exact) mass is 551 g/mol. The molecule has 0 N–H and O–H groups in total. The Bertz CT molecular complexity index is 1300. The zero-order valence-electron chi connectivity index (χ0n) is 17.9. The number of benzene rings is 3. The molecule has 0 spiro atoms. The molecule has 3 amide bonds. The van der Waals surface area contributed by atoms with E-state index in [9.17, 15) is 14.4 Å². The number of carbonyl (C=O) groups excluding carboxylic acids is 3. The number of piperidine rings is 1. The molecule has 0 radical (unpaired) electrons. The van der Waals surface area contributed by atoms with Gasteiger partial charge in [-0.15, -0.1) is 0 Å². The van der Waals surface area contributed by atoms with Crippen molar-refractivity contribution < 1.29 is 14.4 Å². The molecule has 1 atom stereocenters. The Kier molecular flexibility index (Phi) is 4.99. The van der Waals surface area contributed by atoms with Gasteiger partial charge in [-0.1, -0.05) is 48.5 Å². The number of halogens is 1. The van der Waals surface area contributed by atoms with E-state index in [4.69, 9.17) is 0 Å². The average molecular weight is 551 g/mol. The second-order valence-corrected chi connectivity index (χ2v) is 9.99.